The number of ether oxygens (including phenoxy) is 1. The summed E-state index contributed by atoms with van der Waals surface area (Å²) in [5.41, 5.74) is 1.31. The Morgan fingerprint density at radius 1 is 1.17 bits per heavy atom. The monoisotopic (exact) mass is 323 g/mol. The summed E-state index contributed by atoms with van der Waals surface area (Å²) in [5, 5.41) is 9.07. The molecule has 0 spiro atoms. The van der Waals surface area contributed by atoms with Gasteiger partial charge in [0.15, 0.2) is 6.61 Å². The Morgan fingerprint density at radius 3 is 2.46 bits per heavy atom. The van der Waals surface area contributed by atoms with E-state index in [1.807, 2.05) is 19.1 Å². The third-order valence-corrected chi connectivity index (χ3v) is 3.24. The zero-order valence-electron chi connectivity index (χ0n) is 13.0. The van der Waals surface area contributed by atoms with Gasteiger partial charge < -0.3 is 4.74 Å². The third kappa shape index (κ3) is 4.37. The Balaban J connectivity index is 2.05. The van der Waals surface area contributed by atoms with Gasteiger partial charge >= 0.3 is 5.97 Å². The molecule has 0 aliphatic heterocycles. The quantitative estimate of drug-likeness (QED) is 0.366. The van der Waals surface area contributed by atoms with Gasteiger partial charge in [-0.25, -0.2) is 9.18 Å². The summed E-state index contributed by atoms with van der Waals surface area (Å²) in [7, 11) is 0. The lowest BCUT2D eigenvalue weighted by atomic mass is 10.1. The number of aryl methyl sites for hydroxylation is 1. The number of rotatable bonds is 5. The van der Waals surface area contributed by atoms with Crippen LogP contribution in [0.1, 0.15) is 21.5 Å². The van der Waals surface area contributed by atoms with Crippen molar-refractivity contribution >= 4 is 17.8 Å². The number of benzene rings is 2. The zero-order valence-corrected chi connectivity index (χ0v) is 13.0. The first-order valence-corrected chi connectivity index (χ1v) is 7.14. The molecule has 0 radical (unpaired) electrons. The van der Waals surface area contributed by atoms with Crippen molar-refractivity contribution in [3.8, 4) is 6.07 Å². The summed E-state index contributed by atoms with van der Waals surface area (Å²) in [6.45, 7) is 1.29. The number of carbonyl (C=O) groups is 2. The Kier molecular flexibility index (Phi) is 5.58. The first-order valence-electron chi connectivity index (χ1n) is 7.14. The van der Waals surface area contributed by atoms with Crippen molar-refractivity contribution in [1.82, 2.24) is 0 Å². The van der Waals surface area contributed by atoms with Crippen LogP contribution in [-0.2, 0) is 9.53 Å². The molecule has 2 aromatic carbocycles. The number of hydrogen-bond acceptors (Lipinski definition) is 4. The number of halogens is 1. The van der Waals surface area contributed by atoms with E-state index in [0.29, 0.717) is 5.56 Å². The maximum absolute atomic E-state index is 13.5. The Hall–Kier alpha value is -3.26. The van der Waals surface area contributed by atoms with Gasteiger partial charge in [-0.3, -0.25) is 4.79 Å². The molecular weight excluding hydrogens is 309 g/mol. The highest BCUT2D eigenvalue weighted by Crippen LogP contribution is 2.11. The van der Waals surface area contributed by atoms with Crippen molar-refractivity contribution in [3.05, 3.63) is 76.6 Å². The van der Waals surface area contributed by atoms with Crippen LogP contribution < -0.4 is 0 Å². The summed E-state index contributed by atoms with van der Waals surface area (Å²) in [5.74, 6) is -2.29. The fourth-order valence-electron chi connectivity index (χ4n) is 1.94. The van der Waals surface area contributed by atoms with Crippen LogP contribution in [0.2, 0.25) is 0 Å². The van der Waals surface area contributed by atoms with Crippen molar-refractivity contribution in [1.29, 1.82) is 5.26 Å². The SMILES string of the molecule is Cc1ccc(/C=C(\C#N)C(=O)OCC(=O)c2ccccc2F)cc1. The minimum absolute atomic E-state index is 0.161. The molecule has 2 aromatic rings. The number of carbonyl (C=O) groups excluding carboxylic acids is 2. The van der Waals surface area contributed by atoms with Gasteiger partial charge in [0.2, 0.25) is 5.78 Å². The zero-order chi connectivity index (χ0) is 17.5. The van der Waals surface area contributed by atoms with E-state index in [2.05, 4.69) is 0 Å². The van der Waals surface area contributed by atoms with Crippen LogP contribution in [0.25, 0.3) is 6.08 Å². The smallest absolute Gasteiger partial charge is 0.349 e. The number of esters is 1. The van der Waals surface area contributed by atoms with E-state index in [1.165, 1.54) is 24.3 Å². The van der Waals surface area contributed by atoms with Gasteiger partial charge in [0.1, 0.15) is 17.5 Å². The van der Waals surface area contributed by atoms with Gasteiger partial charge in [-0.15, -0.1) is 0 Å². The molecule has 0 aliphatic carbocycles. The van der Waals surface area contributed by atoms with Crippen LogP contribution in [0, 0.1) is 24.1 Å². The number of Topliss-reactive ketones (excluding diaryl/α,β-unsaturated/α-hetero) is 1. The van der Waals surface area contributed by atoms with Gasteiger partial charge in [0.25, 0.3) is 0 Å². The first-order chi connectivity index (χ1) is 11.5. The Morgan fingerprint density at radius 2 is 1.83 bits per heavy atom. The molecule has 0 aliphatic rings. The summed E-state index contributed by atoms with van der Waals surface area (Å²) in [6.07, 6.45) is 1.37. The number of hydrogen-bond donors (Lipinski definition) is 0. The fourth-order valence-corrected chi connectivity index (χ4v) is 1.94. The van der Waals surface area contributed by atoms with Gasteiger partial charge in [0, 0.05) is 0 Å². The van der Waals surface area contributed by atoms with E-state index in [1.54, 1.807) is 18.2 Å². The molecule has 0 fully saturated rings. The van der Waals surface area contributed by atoms with Crippen molar-refractivity contribution < 1.29 is 18.7 Å². The molecule has 0 heterocycles. The van der Waals surface area contributed by atoms with E-state index < -0.39 is 24.2 Å². The average molecular weight is 323 g/mol. The lowest BCUT2D eigenvalue weighted by molar-refractivity contribution is -0.137. The minimum Gasteiger partial charge on any atom is -0.453 e. The normalized spacial score (nSPS) is 10.8. The highest BCUT2D eigenvalue weighted by molar-refractivity contribution is 6.02. The summed E-state index contributed by atoms with van der Waals surface area (Å²) < 4.78 is 18.3. The molecule has 5 heteroatoms. The molecule has 0 N–H and O–H groups in total. The summed E-state index contributed by atoms with van der Waals surface area (Å²) in [4.78, 5) is 23.8. The minimum atomic E-state index is -0.928. The Labute approximate surface area is 138 Å². The molecule has 0 saturated heterocycles. The molecular formula is C19H14FNO3. The molecule has 2 rings (SSSR count). The van der Waals surface area contributed by atoms with Crippen LogP contribution in [0.3, 0.4) is 0 Å². The van der Waals surface area contributed by atoms with Crippen LogP contribution in [0.15, 0.2) is 54.1 Å². The second-order valence-corrected chi connectivity index (χ2v) is 5.06. The molecule has 0 amide bonds. The summed E-state index contributed by atoms with van der Waals surface area (Å²) >= 11 is 0. The first kappa shape index (κ1) is 17.1. The molecule has 24 heavy (non-hydrogen) atoms. The van der Waals surface area contributed by atoms with Crippen LogP contribution in [0.4, 0.5) is 4.39 Å². The Bertz CT molecular complexity index is 832. The number of nitrogens with zero attached hydrogens (tertiary/aromatic N) is 1. The molecule has 0 aromatic heterocycles. The maximum Gasteiger partial charge on any atom is 0.349 e. The van der Waals surface area contributed by atoms with Crippen molar-refractivity contribution in [2.75, 3.05) is 6.61 Å². The van der Waals surface area contributed by atoms with E-state index in [0.717, 1.165) is 11.6 Å². The molecule has 0 saturated carbocycles. The lowest BCUT2D eigenvalue weighted by Crippen LogP contribution is -2.16. The molecule has 0 unspecified atom stereocenters. The van der Waals surface area contributed by atoms with Crippen molar-refractivity contribution in [3.63, 3.8) is 0 Å². The van der Waals surface area contributed by atoms with E-state index >= 15 is 0 Å². The van der Waals surface area contributed by atoms with E-state index in [4.69, 9.17) is 10.00 Å². The lowest BCUT2D eigenvalue weighted by Gasteiger charge is -2.04. The number of nitriles is 1. The standard InChI is InChI=1S/C19H14FNO3/c1-13-6-8-14(9-7-13)10-15(11-21)19(23)24-12-18(22)16-4-2-3-5-17(16)20/h2-10H,12H2,1H3/b15-10+. The molecule has 0 atom stereocenters. The van der Waals surface area contributed by atoms with Gasteiger partial charge in [-0.2, -0.15) is 5.26 Å². The second-order valence-electron chi connectivity index (χ2n) is 5.06. The average Bonchev–Trinajstić information content (AvgIpc) is 2.59. The van der Waals surface area contributed by atoms with E-state index in [9.17, 15) is 14.0 Å². The van der Waals surface area contributed by atoms with Crippen molar-refractivity contribution in [2.45, 2.75) is 6.92 Å². The fraction of sp³-hybridized carbons (Fsp3) is 0.105. The predicted octanol–water partition coefficient (Wildman–Crippen LogP) is 3.47. The highest BCUT2D eigenvalue weighted by atomic mass is 19.1. The van der Waals surface area contributed by atoms with Crippen molar-refractivity contribution in [2.24, 2.45) is 0 Å². The predicted molar refractivity (Wildman–Crippen MR) is 86.5 cm³/mol. The van der Waals surface area contributed by atoms with Crippen LogP contribution >= 0.6 is 0 Å². The van der Waals surface area contributed by atoms with Gasteiger partial charge in [-0.1, -0.05) is 42.0 Å². The van der Waals surface area contributed by atoms with Crippen LogP contribution in [0.5, 0.6) is 0 Å². The molecule has 4 nitrogen and oxygen atoms in total. The van der Waals surface area contributed by atoms with Gasteiger partial charge in [-0.05, 0) is 30.7 Å². The van der Waals surface area contributed by atoms with Crippen LogP contribution in [-0.4, -0.2) is 18.4 Å². The second kappa shape index (κ2) is 7.84. The molecule has 0 bridgehead atoms. The van der Waals surface area contributed by atoms with Gasteiger partial charge in [0.05, 0.1) is 5.56 Å². The topological polar surface area (TPSA) is 67.2 Å². The van der Waals surface area contributed by atoms with E-state index in [-0.39, 0.29) is 11.1 Å². The third-order valence-electron chi connectivity index (χ3n) is 3.24. The molecule has 120 valence electrons. The highest BCUT2D eigenvalue weighted by Gasteiger charge is 2.16. The largest absolute Gasteiger partial charge is 0.453 e. The maximum atomic E-state index is 13.5. The number of ketones is 1. The summed E-state index contributed by atoms with van der Waals surface area (Å²) in [6, 6.07) is 14.3.